The number of hydrogen-bond donors (Lipinski definition) is 0. The molecule has 0 aliphatic carbocycles. The van der Waals surface area contributed by atoms with Crippen LogP contribution in [0.4, 0.5) is 0 Å². The summed E-state index contributed by atoms with van der Waals surface area (Å²) in [4.78, 5) is 4.89. The van der Waals surface area contributed by atoms with Crippen molar-refractivity contribution in [2.45, 2.75) is 26.2 Å². The Morgan fingerprint density at radius 2 is 1.01 bits per heavy atom. The van der Waals surface area contributed by atoms with Crippen molar-refractivity contribution in [1.82, 2.24) is 14.1 Å². The van der Waals surface area contributed by atoms with E-state index in [4.69, 9.17) is 24.8 Å². The SMILES string of the molecule is [2H]c1c([2H])c([2H])c(-c2ccc3c(c2)c2ccc(Oc4cccc(-n5[c-][n+]6c7c(cccc75)-c5ccccc5-c5ccccc5-c5cccc(-c7c([2H])c(-c8c([2H])c([2H])c([2H])c([2H])c8[2H])c([2H])c(-c8c([2H])c([2H])c([2H])c([2H])c8[2H])c7[2H])c5-6)c4)cc2n3-c2cc(C(C)(C)C)ccn2)c([2H])c1[2H]. The van der Waals surface area contributed by atoms with Gasteiger partial charge in [0.25, 0.3) is 6.33 Å². The van der Waals surface area contributed by atoms with Crippen LogP contribution in [0.5, 0.6) is 11.5 Å². The number of aromatic nitrogens is 4. The fourth-order valence-corrected chi connectivity index (χ4v) is 11.1. The molecule has 14 aromatic rings. The highest BCUT2D eigenvalue weighted by molar-refractivity contribution is 6.11. The van der Waals surface area contributed by atoms with E-state index in [2.05, 4.69) is 27.1 Å². The molecule has 5 heteroatoms. The van der Waals surface area contributed by atoms with Crippen molar-refractivity contribution in [3.8, 4) is 107 Å². The van der Waals surface area contributed by atoms with Crippen LogP contribution in [-0.4, -0.2) is 14.1 Å². The molecule has 0 saturated carbocycles. The van der Waals surface area contributed by atoms with Gasteiger partial charge >= 0.3 is 0 Å². The molecule has 0 N–H and O–H groups in total. The van der Waals surface area contributed by atoms with Gasteiger partial charge in [0, 0.05) is 23.0 Å². The number of fused-ring (bicyclic) bond motifs is 10. The smallest absolute Gasteiger partial charge is 0.269 e. The van der Waals surface area contributed by atoms with Crippen molar-refractivity contribution >= 4 is 32.8 Å². The summed E-state index contributed by atoms with van der Waals surface area (Å²) in [5.74, 6) is 1.47. The predicted octanol–water partition coefficient (Wildman–Crippen LogP) is 19.3. The van der Waals surface area contributed by atoms with Gasteiger partial charge < -0.3 is 4.74 Å². The lowest BCUT2D eigenvalue weighted by atomic mass is 9.87. The van der Waals surface area contributed by atoms with Crippen molar-refractivity contribution in [2.75, 3.05) is 0 Å². The molecule has 384 valence electrons. The minimum atomic E-state index is -0.767. The van der Waals surface area contributed by atoms with Gasteiger partial charge in [-0.05, 0) is 162 Å². The minimum Gasteiger partial charge on any atom is -0.458 e. The van der Waals surface area contributed by atoms with Crippen molar-refractivity contribution in [2.24, 2.45) is 0 Å². The Morgan fingerprint density at radius 1 is 0.444 bits per heavy atom. The summed E-state index contributed by atoms with van der Waals surface area (Å²) in [5, 5.41) is 1.51. The quantitative estimate of drug-likeness (QED) is 0.112. The average molecular weight is 1060 g/mol. The molecular formula is C76H54N4O. The van der Waals surface area contributed by atoms with Gasteiger partial charge in [-0.1, -0.05) is 208 Å². The highest BCUT2D eigenvalue weighted by atomic mass is 16.5. The number of benzene rings is 11. The molecule has 0 unspecified atom stereocenters. The Bertz CT molecular complexity index is 5710. The topological polar surface area (TPSA) is 35.9 Å². The fraction of sp³-hybridized carbons (Fsp3) is 0.0526. The molecule has 81 heavy (non-hydrogen) atoms. The Balaban J connectivity index is 0.962. The second-order valence-corrected chi connectivity index (χ2v) is 20.7. The van der Waals surface area contributed by atoms with E-state index >= 15 is 0 Å². The number of imidazole rings is 1. The highest BCUT2D eigenvalue weighted by Crippen LogP contribution is 2.46. The molecule has 0 spiro atoms. The average Bonchev–Trinajstić information content (AvgIpc) is 1.70. The van der Waals surface area contributed by atoms with Gasteiger partial charge in [-0.3, -0.25) is 13.7 Å². The zero-order valence-electron chi connectivity index (χ0n) is 61.8. The first-order chi connectivity index (χ1) is 47.3. The van der Waals surface area contributed by atoms with Crippen molar-refractivity contribution in [3.63, 3.8) is 0 Å². The van der Waals surface area contributed by atoms with E-state index < -0.39 is 119 Å². The monoisotopic (exact) mass is 1060 g/mol. The third kappa shape index (κ3) is 8.32. The number of rotatable bonds is 8. The number of hydrogen-bond acceptors (Lipinski definition) is 2. The third-order valence-electron chi connectivity index (χ3n) is 14.9. The summed E-state index contributed by atoms with van der Waals surface area (Å²) in [7, 11) is 0. The van der Waals surface area contributed by atoms with E-state index in [1.807, 2.05) is 153 Å². The van der Waals surface area contributed by atoms with Gasteiger partial charge in [0.1, 0.15) is 17.3 Å². The summed E-state index contributed by atoms with van der Waals surface area (Å²) >= 11 is 0. The molecule has 3 aromatic heterocycles. The third-order valence-corrected chi connectivity index (χ3v) is 14.9. The second-order valence-electron chi connectivity index (χ2n) is 20.7. The largest absolute Gasteiger partial charge is 0.458 e. The van der Waals surface area contributed by atoms with E-state index in [-0.39, 0.29) is 34.2 Å². The molecule has 11 aromatic carbocycles. The molecule has 0 saturated heterocycles. The van der Waals surface area contributed by atoms with Crippen LogP contribution in [0.3, 0.4) is 0 Å². The molecular weight excluding hydrogens is 985 g/mol. The number of nitrogens with zero attached hydrogens (tertiary/aromatic N) is 4. The van der Waals surface area contributed by atoms with Crippen molar-refractivity contribution in [3.05, 3.63) is 285 Å². The molecule has 1 aliphatic heterocycles. The first-order valence-corrected chi connectivity index (χ1v) is 26.3. The molecule has 0 bridgehead atoms. The molecule has 0 radical (unpaired) electrons. The lowest BCUT2D eigenvalue weighted by molar-refractivity contribution is -0.570. The summed E-state index contributed by atoms with van der Waals surface area (Å²) in [6, 6.07) is 37.8. The zero-order chi connectivity index (χ0) is 69.8. The van der Waals surface area contributed by atoms with E-state index in [0.717, 1.165) is 44.1 Å². The van der Waals surface area contributed by atoms with Crippen LogP contribution in [0, 0.1) is 6.33 Å². The molecule has 0 fully saturated rings. The normalized spacial score (nSPS) is 15.0. The Hall–Kier alpha value is -10.4. The first kappa shape index (κ1) is 32.5. The van der Waals surface area contributed by atoms with Crippen LogP contribution in [0.25, 0.3) is 128 Å². The molecule has 1 aliphatic rings. The van der Waals surface area contributed by atoms with Gasteiger partial charge in [-0.15, -0.1) is 0 Å². The van der Waals surface area contributed by atoms with Crippen LogP contribution in [0.2, 0.25) is 0 Å². The lowest BCUT2D eigenvalue weighted by Crippen LogP contribution is -2.32. The maximum atomic E-state index is 10.3. The van der Waals surface area contributed by atoms with Crippen LogP contribution >= 0.6 is 0 Å². The van der Waals surface area contributed by atoms with Crippen molar-refractivity contribution < 1.29 is 34.0 Å². The highest BCUT2D eigenvalue weighted by Gasteiger charge is 2.27. The minimum absolute atomic E-state index is 0.0746. The Labute approximate surface area is 496 Å². The number of para-hydroxylation sites is 2. The molecule has 0 amide bonds. The summed E-state index contributed by atoms with van der Waals surface area (Å²) in [5.41, 5.74) is 7.14. The molecule has 0 atom stereocenters. The van der Waals surface area contributed by atoms with Crippen molar-refractivity contribution in [1.29, 1.82) is 0 Å². The van der Waals surface area contributed by atoms with Crippen LogP contribution in [0.15, 0.2) is 273 Å². The Morgan fingerprint density at radius 3 is 1.69 bits per heavy atom. The summed E-state index contributed by atoms with van der Waals surface area (Å²) in [6.07, 6.45) is 5.45. The number of pyridine rings is 1. The maximum absolute atomic E-state index is 10.3. The lowest BCUT2D eigenvalue weighted by Gasteiger charge is -2.20. The molecule has 5 nitrogen and oxygen atoms in total. The zero-order valence-corrected chi connectivity index (χ0v) is 43.8. The standard InChI is InChI=1S/C76H54N4O/c1-76(2,3)57-40-41-77-73(46-57)80-70-39-36-53(50-20-7-4-8-21-50)45-69(70)66-38-37-60(48-72(66)80)81-59-27-17-26-58(47-59)78-49-79-74-61(56-43-54(51-22-9-5-10-23-51)42-55(44-56)52-24-11-6-12-25-52)32-18-33-67(74)64-30-15-13-28-62(64)63-29-14-16-31-65(63)68-34-19-35-71(78)75(68)79/h4-48H,1-3H3/i4D,5D,6D,7D,8D,9D,10D,11D,12D,20D,21D,22D,23D,24D,25D,42D,43D,44D. The predicted molar refractivity (Wildman–Crippen MR) is 333 cm³/mol. The van der Waals surface area contributed by atoms with E-state index in [1.54, 1.807) is 24.4 Å². The van der Waals surface area contributed by atoms with Gasteiger partial charge in [0.05, 0.1) is 58.1 Å². The summed E-state index contributed by atoms with van der Waals surface area (Å²) < 4.78 is 175. The molecule has 4 heterocycles. The fourth-order valence-electron chi connectivity index (χ4n) is 11.1. The summed E-state index contributed by atoms with van der Waals surface area (Å²) in [6.45, 7) is 6.35. The number of ether oxygens (including phenoxy) is 1. The second kappa shape index (κ2) is 19.2. The van der Waals surface area contributed by atoms with Crippen LogP contribution in [0.1, 0.15) is 51.0 Å². The first-order valence-electron chi connectivity index (χ1n) is 35.3. The Kier molecular flexibility index (Phi) is 7.72. The van der Waals surface area contributed by atoms with Gasteiger partial charge in [0.15, 0.2) is 0 Å². The maximum Gasteiger partial charge on any atom is 0.269 e. The van der Waals surface area contributed by atoms with E-state index in [0.29, 0.717) is 61.9 Å². The van der Waals surface area contributed by atoms with Crippen LogP contribution in [-0.2, 0) is 5.41 Å². The van der Waals surface area contributed by atoms with Gasteiger partial charge in [-0.2, -0.15) is 0 Å². The van der Waals surface area contributed by atoms with Gasteiger partial charge in [-0.25, -0.2) is 4.98 Å². The van der Waals surface area contributed by atoms with E-state index in [1.165, 1.54) is 0 Å². The van der Waals surface area contributed by atoms with E-state index in [9.17, 15) is 9.60 Å². The van der Waals surface area contributed by atoms with Gasteiger partial charge in [0.2, 0.25) is 0 Å². The molecule has 15 rings (SSSR count). The van der Waals surface area contributed by atoms with Crippen LogP contribution < -0.4 is 9.30 Å².